The molecule has 1 fully saturated rings. The van der Waals surface area contributed by atoms with Crippen LogP contribution in [-0.4, -0.2) is 27.5 Å². The lowest BCUT2D eigenvalue weighted by molar-refractivity contribution is 0.283. The number of rotatable bonds is 11. The molecule has 1 aromatic heterocycles. The average molecular weight is 398 g/mol. The predicted octanol–water partition coefficient (Wildman–Crippen LogP) is 5.45. The number of hydrogen-bond acceptors (Lipinski definition) is 4. The molecule has 3 rings (SSSR count). The van der Waals surface area contributed by atoms with Crippen LogP contribution in [0.4, 0.5) is 0 Å². The van der Waals surface area contributed by atoms with Crippen LogP contribution < -0.4 is 5.73 Å². The summed E-state index contributed by atoms with van der Waals surface area (Å²) in [7, 11) is 0. The van der Waals surface area contributed by atoms with Crippen LogP contribution in [0.25, 0.3) is 11.4 Å². The first kappa shape index (κ1) is 21.3. The maximum atomic E-state index is 7.70. The van der Waals surface area contributed by atoms with Crippen LogP contribution in [-0.2, 0) is 6.42 Å². The minimum atomic E-state index is -0.0741. The molecule has 0 amide bonds. The van der Waals surface area contributed by atoms with E-state index in [0.29, 0.717) is 11.7 Å². The number of aryl methyl sites for hydroxylation is 1. The van der Waals surface area contributed by atoms with Crippen molar-refractivity contribution in [3.63, 3.8) is 0 Å². The van der Waals surface area contributed by atoms with Crippen LogP contribution in [0.5, 0.6) is 0 Å². The molecule has 29 heavy (non-hydrogen) atoms. The Morgan fingerprint density at radius 2 is 1.79 bits per heavy atom. The number of aromatic nitrogens is 2. The van der Waals surface area contributed by atoms with Crippen LogP contribution in [0.1, 0.15) is 88.6 Å². The van der Waals surface area contributed by atoms with E-state index in [-0.39, 0.29) is 12.0 Å². The normalized spacial score (nSPS) is 16.4. The Balaban J connectivity index is 1.46. The van der Waals surface area contributed by atoms with Crippen molar-refractivity contribution in [3.8, 4) is 11.4 Å². The summed E-state index contributed by atoms with van der Waals surface area (Å²) < 4.78 is 5.49. The zero-order valence-electron chi connectivity index (χ0n) is 17.7. The van der Waals surface area contributed by atoms with Crippen molar-refractivity contribution >= 4 is 5.96 Å². The largest absolute Gasteiger partial charge is 0.370 e. The number of unbranched alkanes of at least 4 members (excludes halogenated alkanes) is 7. The van der Waals surface area contributed by atoms with Crippen LogP contribution in [0, 0.1) is 5.41 Å². The Bertz CT molecular complexity index is 755. The van der Waals surface area contributed by atoms with E-state index in [9.17, 15) is 0 Å². The van der Waals surface area contributed by atoms with Gasteiger partial charge in [0.2, 0.25) is 11.7 Å². The van der Waals surface area contributed by atoms with E-state index in [2.05, 4.69) is 41.3 Å². The minimum Gasteiger partial charge on any atom is -0.370 e. The number of likely N-dealkylation sites (tertiary alicyclic amines) is 1. The smallest absolute Gasteiger partial charge is 0.249 e. The molecule has 0 radical (unpaired) electrons. The van der Waals surface area contributed by atoms with Gasteiger partial charge in [-0.2, -0.15) is 4.98 Å². The molecule has 1 aromatic carbocycles. The first-order valence-corrected chi connectivity index (χ1v) is 11.2. The van der Waals surface area contributed by atoms with Crippen molar-refractivity contribution < 1.29 is 4.52 Å². The quantitative estimate of drug-likeness (QED) is 0.299. The van der Waals surface area contributed by atoms with E-state index in [1.807, 2.05) is 4.90 Å². The zero-order valence-corrected chi connectivity index (χ0v) is 17.7. The molecule has 1 aliphatic heterocycles. The van der Waals surface area contributed by atoms with Crippen molar-refractivity contribution in [3.05, 3.63) is 35.7 Å². The van der Waals surface area contributed by atoms with Crippen LogP contribution in [0.2, 0.25) is 0 Å². The highest BCUT2D eigenvalue weighted by Crippen LogP contribution is 2.31. The number of nitrogens with two attached hydrogens (primary N) is 1. The molecule has 3 N–H and O–H groups in total. The molecule has 2 heterocycles. The fraction of sp³-hybridized carbons (Fsp3) is 0.609. The standard InChI is InChI=1S/C23H35N5O/c1-2-3-4-5-6-7-8-9-11-18-13-15-19(16-14-18)21-26-22(29-27-21)20-12-10-17-28(20)23(24)25/h13-16,20H,2-12,17H2,1H3,(H3,24,25)/t20-/m1/s1. The van der Waals surface area contributed by atoms with Gasteiger partial charge in [0.1, 0.15) is 6.04 Å². The van der Waals surface area contributed by atoms with Gasteiger partial charge in [-0.25, -0.2) is 0 Å². The van der Waals surface area contributed by atoms with Gasteiger partial charge in [0.05, 0.1) is 0 Å². The van der Waals surface area contributed by atoms with Gasteiger partial charge in [-0.1, -0.05) is 81.3 Å². The Morgan fingerprint density at radius 3 is 2.48 bits per heavy atom. The molecule has 1 saturated heterocycles. The topological polar surface area (TPSA) is 92.0 Å². The van der Waals surface area contributed by atoms with Gasteiger partial charge in [-0.3, -0.25) is 5.41 Å². The van der Waals surface area contributed by atoms with E-state index >= 15 is 0 Å². The van der Waals surface area contributed by atoms with Gasteiger partial charge in [0.15, 0.2) is 5.96 Å². The molecule has 158 valence electrons. The van der Waals surface area contributed by atoms with Gasteiger partial charge in [0, 0.05) is 12.1 Å². The fourth-order valence-corrected chi connectivity index (χ4v) is 4.08. The van der Waals surface area contributed by atoms with Crippen molar-refractivity contribution in [1.29, 1.82) is 5.41 Å². The van der Waals surface area contributed by atoms with Gasteiger partial charge in [-0.15, -0.1) is 0 Å². The lowest BCUT2D eigenvalue weighted by Gasteiger charge is -2.21. The number of guanidine groups is 1. The van der Waals surface area contributed by atoms with E-state index in [1.165, 1.54) is 56.9 Å². The highest BCUT2D eigenvalue weighted by atomic mass is 16.5. The SMILES string of the molecule is CCCCCCCCCCc1ccc(-c2noc([C@H]3CCCN3C(=N)N)n2)cc1. The van der Waals surface area contributed by atoms with Crippen LogP contribution in [0.3, 0.4) is 0 Å². The van der Waals surface area contributed by atoms with Crippen molar-refractivity contribution in [1.82, 2.24) is 15.0 Å². The van der Waals surface area contributed by atoms with Gasteiger partial charge >= 0.3 is 0 Å². The predicted molar refractivity (Wildman–Crippen MR) is 117 cm³/mol. The lowest BCUT2D eigenvalue weighted by Crippen LogP contribution is -2.35. The summed E-state index contributed by atoms with van der Waals surface area (Å²) in [5.41, 5.74) is 7.99. The molecule has 0 saturated carbocycles. The van der Waals surface area contributed by atoms with E-state index in [1.54, 1.807) is 0 Å². The number of nitrogens with one attached hydrogen (secondary N) is 1. The molecule has 6 heteroatoms. The van der Waals surface area contributed by atoms with E-state index in [4.69, 9.17) is 15.7 Å². The minimum absolute atomic E-state index is 0.0672. The van der Waals surface area contributed by atoms with Gasteiger partial charge < -0.3 is 15.2 Å². The third-order valence-corrected chi connectivity index (χ3v) is 5.82. The highest BCUT2D eigenvalue weighted by Gasteiger charge is 2.31. The second kappa shape index (κ2) is 11.0. The monoisotopic (exact) mass is 397 g/mol. The summed E-state index contributed by atoms with van der Waals surface area (Å²) in [5.74, 6) is 1.22. The maximum Gasteiger partial charge on any atom is 0.249 e. The van der Waals surface area contributed by atoms with Gasteiger partial charge in [0.25, 0.3) is 0 Å². The third kappa shape index (κ3) is 6.05. The van der Waals surface area contributed by atoms with Crippen molar-refractivity contribution in [2.75, 3.05) is 6.54 Å². The average Bonchev–Trinajstić information content (AvgIpc) is 3.40. The van der Waals surface area contributed by atoms with Crippen LogP contribution >= 0.6 is 0 Å². The molecule has 1 aliphatic rings. The summed E-state index contributed by atoms with van der Waals surface area (Å²) >= 11 is 0. The highest BCUT2D eigenvalue weighted by molar-refractivity contribution is 5.75. The first-order chi connectivity index (χ1) is 14.2. The Morgan fingerprint density at radius 1 is 1.10 bits per heavy atom. The van der Waals surface area contributed by atoms with E-state index in [0.717, 1.165) is 31.4 Å². The molecule has 6 nitrogen and oxygen atoms in total. The Kier molecular flexibility index (Phi) is 8.08. The Labute approximate surface area is 174 Å². The zero-order chi connectivity index (χ0) is 20.5. The number of benzene rings is 1. The van der Waals surface area contributed by atoms with Crippen molar-refractivity contribution in [2.24, 2.45) is 5.73 Å². The van der Waals surface area contributed by atoms with Gasteiger partial charge in [-0.05, 0) is 31.2 Å². The first-order valence-electron chi connectivity index (χ1n) is 11.2. The summed E-state index contributed by atoms with van der Waals surface area (Å²) in [6.07, 6.45) is 13.8. The fourth-order valence-electron chi connectivity index (χ4n) is 4.08. The molecule has 1 atom stereocenters. The summed E-state index contributed by atoms with van der Waals surface area (Å²) in [4.78, 5) is 6.39. The molecular weight excluding hydrogens is 362 g/mol. The molecule has 2 aromatic rings. The third-order valence-electron chi connectivity index (χ3n) is 5.82. The Hall–Kier alpha value is -2.37. The molecule has 0 bridgehead atoms. The molecular formula is C23H35N5O. The summed E-state index contributed by atoms with van der Waals surface area (Å²) in [5, 5.41) is 11.8. The maximum absolute atomic E-state index is 7.70. The molecule has 0 aliphatic carbocycles. The number of hydrogen-bond donors (Lipinski definition) is 2. The lowest BCUT2D eigenvalue weighted by atomic mass is 10.0. The summed E-state index contributed by atoms with van der Waals surface area (Å²) in [6.45, 7) is 3.03. The molecule has 0 spiro atoms. The van der Waals surface area contributed by atoms with Crippen LogP contribution in [0.15, 0.2) is 28.8 Å². The molecule has 0 unspecified atom stereocenters. The van der Waals surface area contributed by atoms with Crippen molar-refractivity contribution in [2.45, 2.75) is 83.6 Å². The second-order valence-corrected chi connectivity index (χ2v) is 8.11. The second-order valence-electron chi connectivity index (χ2n) is 8.11. The summed E-state index contributed by atoms with van der Waals surface area (Å²) in [6, 6.07) is 8.42. The van der Waals surface area contributed by atoms with E-state index < -0.39 is 0 Å². The number of nitrogens with zero attached hydrogens (tertiary/aromatic N) is 3.